The maximum absolute atomic E-state index is 12.7. The average molecular weight is 480 g/mol. The smallest absolute Gasteiger partial charge is 0.260 e. The Morgan fingerprint density at radius 2 is 1.76 bits per heavy atom. The predicted molar refractivity (Wildman–Crippen MR) is 132 cm³/mol. The number of ether oxygens (including phenoxy) is 2. The molecule has 0 N–H and O–H groups in total. The van der Waals surface area contributed by atoms with Gasteiger partial charge in [0.25, 0.3) is 5.91 Å². The Morgan fingerprint density at radius 1 is 0.970 bits per heavy atom. The molecule has 0 bridgehead atoms. The number of hydrogen-bond donors (Lipinski definition) is 0. The fraction of sp³-hybridized carbons (Fsp3) is 0.222. The minimum Gasteiger partial charge on any atom is -0.482 e. The van der Waals surface area contributed by atoms with E-state index in [1.165, 1.54) is 11.1 Å². The molecule has 0 saturated carbocycles. The first-order valence-electron chi connectivity index (χ1n) is 10.9. The van der Waals surface area contributed by atoms with Crippen LogP contribution in [0.1, 0.15) is 18.4 Å². The number of amides is 1. The molecule has 3 aromatic carbocycles. The van der Waals surface area contributed by atoms with Gasteiger partial charge in [0.15, 0.2) is 6.61 Å². The summed E-state index contributed by atoms with van der Waals surface area (Å²) in [7, 11) is 0. The second-order valence-electron chi connectivity index (χ2n) is 8.36. The molecule has 1 amide bonds. The molecule has 2 aliphatic rings. The van der Waals surface area contributed by atoms with Crippen LogP contribution in [0.5, 0.6) is 11.5 Å². The van der Waals surface area contributed by atoms with Crippen LogP contribution in [0, 0.1) is 0 Å². The van der Waals surface area contributed by atoms with E-state index >= 15 is 0 Å². The summed E-state index contributed by atoms with van der Waals surface area (Å²) in [6, 6.07) is 21.6. The molecule has 1 saturated heterocycles. The topological polar surface area (TPSA) is 38.8 Å². The van der Waals surface area contributed by atoms with Crippen molar-refractivity contribution < 1.29 is 14.3 Å². The number of halogens is 2. The Labute approximate surface area is 203 Å². The van der Waals surface area contributed by atoms with Gasteiger partial charge in [0.2, 0.25) is 0 Å². The van der Waals surface area contributed by atoms with Crippen molar-refractivity contribution in [1.82, 2.24) is 4.90 Å². The van der Waals surface area contributed by atoms with Crippen LogP contribution in [-0.4, -0.2) is 36.1 Å². The van der Waals surface area contributed by atoms with Gasteiger partial charge in [0, 0.05) is 36.5 Å². The summed E-state index contributed by atoms with van der Waals surface area (Å²) in [6.07, 6.45) is 5.76. The van der Waals surface area contributed by atoms with Crippen molar-refractivity contribution in [3.8, 4) is 22.6 Å². The summed E-state index contributed by atoms with van der Waals surface area (Å²) >= 11 is 12.0. The van der Waals surface area contributed by atoms with E-state index in [-0.39, 0.29) is 18.1 Å². The van der Waals surface area contributed by atoms with Crippen molar-refractivity contribution in [3.63, 3.8) is 0 Å². The molecule has 3 aromatic rings. The molecule has 1 fully saturated rings. The highest BCUT2D eigenvalue weighted by atomic mass is 35.5. The largest absolute Gasteiger partial charge is 0.482 e. The van der Waals surface area contributed by atoms with E-state index in [0.717, 1.165) is 24.2 Å². The Hall–Kier alpha value is -2.95. The Kier molecular flexibility index (Phi) is 6.05. The average Bonchev–Trinajstić information content (AvgIpc) is 2.84. The monoisotopic (exact) mass is 479 g/mol. The minimum absolute atomic E-state index is 0.0594. The first kappa shape index (κ1) is 21.9. The van der Waals surface area contributed by atoms with Crippen molar-refractivity contribution in [2.45, 2.75) is 18.4 Å². The molecule has 0 aromatic heterocycles. The number of benzene rings is 3. The van der Waals surface area contributed by atoms with Crippen molar-refractivity contribution >= 4 is 35.2 Å². The summed E-state index contributed by atoms with van der Waals surface area (Å²) in [6.45, 7) is 1.16. The van der Waals surface area contributed by atoms with Crippen molar-refractivity contribution in [2.75, 3.05) is 19.7 Å². The third kappa shape index (κ3) is 4.73. The lowest BCUT2D eigenvalue weighted by molar-refractivity contribution is -0.136. The zero-order valence-corrected chi connectivity index (χ0v) is 19.5. The zero-order valence-electron chi connectivity index (χ0n) is 18.0. The van der Waals surface area contributed by atoms with Crippen LogP contribution in [0.3, 0.4) is 0 Å². The number of likely N-dealkylation sites (tertiary alicyclic amines) is 1. The molecule has 2 heterocycles. The van der Waals surface area contributed by atoms with Gasteiger partial charge in [-0.05, 0) is 47.5 Å². The fourth-order valence-electron chi connectivity index (χ4n) is 4.30. The van der Waals surface area contributed by atoms with E-state index < -0.39 is 0 Å². The van der Waals surface area contributed by atoms with Gasteiger partial charge in [-0.1, -0.05) is 65.7 Å². The molecule has 2 aliphatic heterocycles. The molecule has 0 radical (unpaired) electrons. The Balaban J connectivity index is 1.20. The standard InChI is InChI=1S/C27H23Cl2NO3/c28-22-7-9-25(23(29)17-22)32-18-26(31)30-14-12-27(13-15-30)11-10-21-16-20(6-8-24(21)33-27)19-4-2-1-3-5-19/h1-11,16-17H,12-15,18H2. The molecule has 0 unspecified atom stereocenters. The number of piperidine rings is 1. The highest BCUT2D eigenvalue weighted by Gasteiger charge is 2.38. The lowest BCUT2D eigenvalue weighted by atomic mass is 9.87. The van der Waals surface area contributed by atoms with Crippen LogP contribution < -0.4 is 9.47 Å². The van der Waals surface area contributed by atoms with Crippen LogP contribution in [0.25, 0.3) is 17.2 Å². The fourth-order valence-corrected chi connectivity index (χ4v) is 4.77. The Morgan fingerprint density at radius 3 is 2.52 bits per heavy atom. The third-order valence-electron chi connectivity index (χ3n) is 6.20. The van der Waals surface area contributed by atoms with Crippen LogP contribution in [-0.2, 0) is 4.79 Å². The second kappa shape index (κ2) is 9.12. The highest BCUT2D eigenvalue weighted by molar-refractivity contribution is 6.35. The molecule has 0 aliphatic carbocycles. The van der Waals surface area contributed by atoms with Gasteiger partial charge < -0.3 is 14.4 Å². The summed E-state index contributed by atoms with van der Waals surface area (Å²) in [5.41, 5.74) is 3.05. The van der Waals surface area contributed by atoms with E-state index in [2.05, 4.69) is 36.4 Å². The number of nitrogens with zero attached hydrogens (tertiary/aromatic N) is 1. The van der Waals surface area contributed by atoms with Gasteiger partial charge in [0.05, 0.1) is 5.02 Å². The van der Waals surface area contributed by atoms with Crippen LogP contribution in [0.15, 0.2) is 72.8 Å². The number of carbonyl (C=O) groups excluding carboxylic acids is 1. The number of hydrogen-bond acceptors (Lipinski definition) is 3. The van der Waals surface area contributed by atoms with Crippen LogP contribution >= 0.6 is 23.2 Å². The van der Waals surface area contributed by atoms with Gasteiger partial charge in [-0.2, -0.15) is 0 Å². The van der Waals surface area contributed by atoms with Gasteiger partial charge in [-0.25, -0.2) is 0 Å². The molecular weight excluding hydrogens is 457 g/mol. The van der Waals surface area contributed by atoms with E-state index in [0.29, 0.717) is 28.9 Å². The molecule has 4 nitrogen and oxygen atoms in total. The van der Waals surface area contributed by atoms with Gasteiger partial charge in [0.1, 0.15) is 17.1 Å². The highest BCUT2D eigenvalue weighted by Crippen LogP contribution is 2.39. The van der Waals surface area contributed by atoms with E-state index in [9.17, 15) is 4.79 Å². The van der Waals surface area contributed by atoms with Gasteiger partial charge in [-0.15, -0.1) is 0 Å². The lowest BCUT2D eigenvalue weighted by Crippen LogP contribution is -2.50. The summed E-state index contributed by atoms with van der Waals surface area (Å²) < 4.78 is 12.1. The van der Waals surface area contributed by atoms with Crippen LogP contribution in [0.4, 0.5) is 0 Å². The summed E-state index contributed by atoms with van der Waals surface area (Å²) in [5.74, 6) is 1.27. The van der Waals surface area contributed by atoms with Crippen molar-refractivity contribution in [3.05, 3.63) is 88.4 Å². The predicted octanol–water partition coefficient (Wildman–Crippen LogP) is 6.51. The molecule has 6 heteroatoms. The molecule has 5 rings (SSSR count). The lowest BCUT2D eigenvalue weighted by Gasteiger charge is -2.42. The first-order chi connectivity index (χ1) is 16.0. The summed E-state index contributed by atoms with van der Waals surface area (Å²) in [5, 5.41) is 0.918. The SMILES string of the molecule is O=C(COc1ccc(Cl)cc1Cl)N1CCC2(C=Cc3cc(-c4ccccc4)ccc3O2)CC1. The Bertz CT molecular complexity index is 1200. The number of carbonyl (C=O) groups is 1. The second-order valence-corrected chi connectivity index (χ2v) is 9.21. The molecule has 33 heavy (non-hydrogen) atoms. The van der Waals surface area contributed by atoms with Crippen molar-refractivity contribution in [2.24, 2.45) is 0 Å². The maximum Gasteiger partial charge on any atom is 0.260 e. The molecule has 168 valence electrons. The molecule has 1 spiro atoms. The maximum atomic E-state index is 12.7. The number of rotatable bonds is 4. The summed E-state index contributed by atoms with van der Waals surface area (Å²) in [4.78, 5) is 14.5. The molecule has 0 atom stereocenters. The first-order valence-corrected chi connectivity index (χ1v) is 11.7. The van der Waals surface area contributed by atoms with E-state index in [4.69, 9.17) is 32.7 Å². The van der Waals surface area contributed by atoms with E-state index in [1.807, 2.05) is 29.2 Å². The zero-order chi connectivity index (χ0) is 22.8. The van der Waals surface area contributed by atoms with Gasteiger partial charge in [-0.3, -0.25) is 4.79 Å². The number of fused-ring (bicyclic) bond motifs is 1. The van der Waals surface area contributed by atoms with Crippen molar-refractivity contribution in [1.29, 1.82) is 0 Å². The quantitative estimate of drug-likeness (QED) is 0.428. The molecular formula is C27H23Cl2NO3. The minimum atomic E-state index is -0.377. The van der Waals surface area contributed by atoms with E-state index in [1.54, 1.807) is 18.2 Å². The van der Waals surface area contributed by atoms with Gasteiger partial charge >= 0.3 is 0 Å². The normalized spacial score (nSPS) is 16.2. The van der Waals surface area contributed by atoms with Crippen LogP contribution in [0.2, 0.25) is 10.0 Å². The third-order valence-corrected chi connectivity index (χ3v) is 6.73.